The van der Waals surface area contributed by atoms with E-state index in [1.54, 1.807) is 13.1 Å². The minimum Gasteiger partial charge on any atom is -0.408 e. The van der Waals surface area contributed by atoms with Gasteiger partial charge in [-0.3, -0.25) is 4.57 Å². The van der Waals surface area contributed by atoms with E-state index < -0.39 is 15.8 Å². The van der Waals surface area contributed by atoms with Crippen molar-refractivity contribution in [3.05, 3.63) is 28.7 Å². The van der Waals surface area contributed by atoms with Gasteiger partial charge < -0.3 is 14.6 Å². The summed E-state index contributed by atoms with van der Waals surface area (Å²) in [5, 5.41) is 3.29. The van der Waals surface area contributed by atoms with Crippen molar-refractivity contribution in [2.45, 2.75) is 11.3 Å². The summed E-state index contributed by atoms with van der Waals surface area (Å²) in [5.41, 5.74) is 0.837. The second-order valence-electron chi connectivity index (χ2n) is 5.90. The molecule has 3 rings (SSSR count). The largest absolute Gasteiger partial charge is 0.419 e. The van der Waals surface area contributed by atoms with Crippen molar-refractivity contribution < 1.29 is 12.8 Å². The molecule has 0 unspecified atom stereocenters. The van der Waals surface area contributed by atoms with Crippen LogP contribution >= 0.6 is 0 Å². The topological polar surface area (TPSA) is 96.6 Å². The van der Waals surface area contributed by atoms with Gasteiger partial charge in [-0.15, -0.1) is 0 Å². The van der Waals surface area contributed by atoms with E-state index in [0.29, 0.717) is 12.1 Å². The number of piperazine rings is 1. The fourth-order valence-corrected chi connectivity index (χ4v) is 3.90. The molecule has 132 valence electrons. The van der Waals surface area contributed by atoms with Crippen LogP contribution in [0.1, 0.15) is 6.42 Å². The Morgan fingerprint density at radius 2 is 2.04 bits per heavy atom. The molecule has 0 amide bonds. The molecule has 1 aromatic carbocycles. The van der Waals surface area contributed by atoms with Gasteiger partial charge >= 0.3 is 5.76 Å². The molecular weight excluding hydrogens is 332 g/mol. The number of nitrogens with zero attached hydrogens (tertiary/aromatic N) is 2. The van der Waals surface area contributed by atoms with Gasteiger partial charge in [0.25, 0.3) is 0 Å². The zero-order valence-electron chi connectivity index (χ0n) is 13.6. The quantitative estimate of drug-likeness (QED) is 0.692. The van der Waals surface area contributed by atoms with Crippen molar-refractivity contribution >= 4 is 21.1 Å². The fourth-order valence-electron chi connectivity index (χ4n) is 2.81. The molecule has 2 heterocycles. The summed E-state index contributed by atoms with van der Waals surface area (Å²) in [7, 11) is -2.03. The maximum Gasteiger partial charge on any atom is 0.419 e. The predicted molar refractivity (Wildman–Crippen MR) is 90.6 cm³/mol. The van der Waals surface area contributed by atoms with Crippen LogP contribution in [0.25, 0.3) is 11.1 Å². The van der Waals surface area contributed by atoms with Gasteiger partial charge in [-0.2, -0.15) is 0 Å². The van der Waals surface area contributed by atoms with Gasteiger partial charge in [0.15, 0.2) is 5.58 Å². The molecule has 1 aliphatic rings. The molecule has 1 aliphatic heterocycles. The summed E-state index contributed by atoms with van der Waals surface area (Å²) in [6, 6.07) is 4.45. The molecule has 1 saturated heterocycles. The van der Waals surface area contributed by atoms with Gasteiger partial charge in [-0.1, -0.05) is 0 Å². The fraction of sp³-hybridized carbons (Fsp3) is 0.533. The Hall–Kier alpha value is -1.68. The third-order valence-electron chi connectivity index (χ3n) is 4.23. The number of fused-ring (bicyclic) bond motifs is 1. The van der Waals surface area contributed by atoms with Crippen LogP contribution in [0.15, 0.2) is 32.3 Å². The Bertz CT molecular complexity index is 865. The van der Waals surface area contributed by atoms with Crippen molar-refractivity contribution in [2.24, 2.45) is 7.05 Å². The van der Waals surface area contributed by atoms with Gasteiger partial charge in [0.2, 0.25) is 10.0 Å². The van der Waals surface area contributed by atoms with E-state index in [1.807, 2.05) is 0 Å². The molecule has 0 spiro atoms. The number of benzene rings is 1. The van der Waals surface area contributed by atoms with Crippen molar-refractivity contribution in [2.75, 3.05) is 39.3 Å². The third kappa shape index (κ3) is 3.69. The lowest BCUT2D eigenvalue weighted by Gasteiger charge is -2.27. The lowest BCUT2D eigenvalue weighted by Crippen LogP contribution is -2.44. The number of rotatable bonds is 6. The first-order chi connectivity index (χ1) is 11.5. The highest BCUT2D eigenvalue weighted by molar-refractivity contribution is 7.89. The third-order valence-corrected chi connectivity index (χ3v) is 5.69. The second-order valence-corrected chi connectivity index (χ2v) is 7.67. The van der Waals surface area contributed by atoms with Crippen molar-refractivity contribution in [3.8, 4) is 0 Å². The maximum absolute atomic E-state index is 12.4. The Morgan fingerprint density at radius 3 is 2.79 bits per heavy atom. The number of hydrogen-bond acceptors (Lipinski definition) is 6. The Balaban J connectivity index is 1.61. The van der Waals surface area contributed by atoms with E-state index in [9.17, 15) is 13.2 Å². The molecule has 2 aromatic rings. The average Bonchev–Trinajstić information content (AvgIpc) is 2.87. The molecule has 0 saturated carbocycles. The summed E-state index contributed by atoms with van der Waals surface area (Å²) in [6.07, 6.45) is 0.752. The van der Waals surface area contributed by atoms with Gasteiger partial charge in [0.1, 0.15) is 0 Å². The predicted octanol–water partition coefficient (Wildman–Crippen LogP) is -0.295. The highest BCUT2D eigenvalue weighted by atomic mass is 32.2. The Labute approximate surface area is 140 Å². The van der Waals surface area contributed by atoms with Crippen LogP contribution < -0.4 is 15.8 Å². The van der Waals surface area contributed by atoms with Crippen LogP contribution in [-0.2, 0) is 17.1 Å². The smallest absolute Gasteiger partial charge is 0.408 e. The zero-order chi connectivity index (χ0) is 17.2. The summed E-state index contributed by atoms with van der Waals surface area (Å²) in [5.74, 6) is -0.511. The molecule has 8 nitrogen and oxygen atoms in total. The molecule has 0 atom stereocenters. The second kappa shape index (κ2) is 7.06. The average molecular weight is 354 g/mol. The summed E-state index contributed by atoms with van der Waals surface area (Å²) >= 11 is 0. The minimum absolute atomic E-state index is 0.103. The van der Waals surface area contributed by atoms with Crippen LogP contribution in [0.5, 0.6) is 0 Å². The molecule has 0 radical (unpaired) electrons. The Morgan fingerprint density at radius 1 is 1.29 bits per heavy atom. The van der Waals surface area contributed by atoms with Crippen molar-refractivity contribution in [1.29, 1.82) is 0 Å². The maximum atomic E-state index is 12.4. The zero-order valence-corrected chi connectivity index (χ0v) is 14.4. The van der Waals surface area contributed by atoms with Crippen LogP contribution in [0.2, 0.25) is 0 Å². The first-order valence-electron chi connectivity index (χ1n) is 8.00. The van der Waals surface area contributed by atoms with Crippen molar-refractivity contribution in [3.63, 3.8) is 0 Å². The van der Waals surface area contributed by atoms with E-state index >= 15 is 0 Å². The number of aromatic nitrogens is 1. The number of sulfonamides is 1. The number of hydrogen-bond donors (Lipinski definition) is 2. The molecule has 0 aliphatic carbocycles. The monoisotopic (exact) mass is 354 g/mol. The van der Waals surface area contributed by atoms with E-state index in [1.165, 1.54) is 16.7 Å². The van der Waals surface area contributed by atoms with E-state index in [4.69, 9.17) is 4.42 Å². The molecule has 24 heavy (non-hydrogen) atoms. The Kier molecular flexibility index (Phi) is 5.04. The van der Waals surface area contributed by atoms with Gasteiger partial charge in [0, 0.05) is 45.8 Å². The summed E-state index contributed by atoms with van der Waals surface area (Å²) in [4.78, 5) is 13.9. The first kappa shape index (κ1) is 17.2. The van der Waals surface area contributed by atoms with Gasteiger partial charge in [0.05, 0.1) is 10.4 Å². The molecule has 1 aromatic heterocycles. The normalized spacial score (nSPS) is 16.7. The highest BCUT2D eigenvalue weighted by Gasteiger charge is 2.17. The molecule has 0 bridgehead atoms. The van der Waals surface area contributed by atoms with Crippen molar-refractivity contribution in [1.82, 2.24) is 19.5 Å². The minimum atomic E-state index is -3.61. The SMILES string of the molecule is Cn1c(=O)oc2cc(S(=O)(=O)NCCCN3CCNCC3)ccc21. The van der Waals surface area contributed by atoms with Gasteiger partial charge in [-0.05, 0) is 25.1 Å². The van der Waals surface area contributed by atoms with E-state index in [0.717, 1.165) is 39.1 Å². The lowest BCUT2D eigenvalue weighted by atomic mass is 10.3. The van der Waals surface area contributed by atoms with Gasteiger partial charge in [-0.25, -0.2) is 17.9 Å². The van der Waals surface area contributed by atoms with Crippen LogP contribution in [-0.4, -0.2) is 57.2 Å². The lowest BCUT2D eigenvalue weighted by molar-refractivity contribution is 0.239. The van der Waals surface area contributed by atoms with Crippen LogP contribution in [0.3, 0.4) is 0 Å². The molecule has 1 fully saturated rings. The first-order valence-corrected chi connectivity index (χ1v) is 9.48. The van der Waals surface area contributed by atoms with Crippen LogP contribution in [0.4, 0.5) is 0 Å². The highest BCUT2D eigenvalue weighted by Crippen LogP contribution is 2.17. The van der Waals surface area contributed by atoms with E-state index in [2.05, 4.69) is 14.9 Å². The molecule has 2 N–H and O–H groups in total. The number of oxazole rings is 1. The summed E-state index contributed by atoms with van der Waals surface area (Å²) < 4.78 is 33.7. The van der Waals surface area contributed by atoms with Crippen LogP contribution in [0, 0.1) is 0 Å². The standard InChI is InChI=1S/C15H22N4O4S/c1-18-13-4-3-12(11-14(13)23-15(18)20)24(21,22)17-5-2-8-19-9-6-16-7-10-19/h3-4,11,16-17H,2,5-10H2,1H3. The molecule has 9 heteroatoms. The van der Waals surface area contributed by atoms with E-state index in [-0.39, 0.29) is 10.5 Å². The number of aryl methyl sites for hydroxylation is 1. The summed E-state index contributed by atoms with van der Waals surface area (Å²) in [6.45, 7) is 5.20. The number of nitrogens with one attached hydrogen (secondary N) is 2. The molecular formula is C15H22N4O4S.